The van der Waals surface area contributed by atoms with Gasteiger partial charge in [0.05, 0.1) is 0 Å². The third-order valence-corrected chi connectivity index (χ3v) is 5.26. The normalized spacial score (nSPS) is 20.6. The van der Waals surface area contributed by atoms with Crippen molar-refractivity contribution in [1.82, 2.24) is 5.32 Å². The zero-order valence-corrected chi connectivity index (χ0v) is 13.7. The molecule has 1 aromatic carbocycles. The number of likely N-dealkylation sites (N-methyl/N-ethyl adjacent to an activating group) is 1. The lowest BCUT2D eigenvalue weighted by Crippen LogP contribution is -2.44. The van der Waals surface area contributed by atoms with Crippen LogP contribution in [0.3, 0.4) is 0 Å². The van der Waals surface area contributed by atoms with E-state index in [2.05, 4.69) is 66.1 Å². The van der Waals surface area contributed by atoms with Gasteiger partial charge in [-0.3, -0.25) is 0 Å². The summed E-state index contributed by atoms with van der Waals surface area (Å²) < 4.78 is 1.32. The predicted octanol–water partition coefficient (Wildman–Crippen LogP) is 4.39. The number of benzene rings is 1. The lowest BCUT2D eigenvalue weighted by molar-refractivity contribution is 0.149. The Morgan fingerprint density at radius 1 is 1.17 bits per heavy atom. The molecule has 1 nitrogen and oxygen atoms in total. The molecule has 0 amide bonds. The molecule has 1 N–H and O–H groups in total. The van der Waals surface area contributed by atoms with E-state index in [-0.39, 0.29) is 0 Å². The molecular weight excluding hydrogens is 333 g/mol. The summed E-state index contributed by atoms with van der Waals surface area (Å²) in [5.74, 6) is 0. The van der Waals surface area contributed by atoms with Gasteiger partial charge in [-0.25, -0.2) is 0 Å². The number of hydrogen-bond donors (Lipinski definition) is 1. The first-order valence-electron chi connectivity index (χ1n) is 7.06. The van der Waals surface area contributed by atoms with Crippen LogP contribution in [0.4, 0.5) is 0 Å². The zero-order chi connectivity index (χ0) is 13.0. The molecule has 1 aliphatic rings. The minimum atomic E-state index is 0.482. The fraction of sp³-hybridized carbons (Fsp3) is 0.625. The summed E-state index contributed by atoms with van der Waals surface area (Å²) in [7, 11) is 2.12. The van der Waals surface area contributed by atoms with Gasteiger partial charge in [0.25, 0.3) is 0 Å². The van der Waals surface area contributed by atoms with Crippen molar-refractivity contribution in [2.45, 2.75) is 51.5 Å². The highest BCUT2D eigenvalue weighted by Gasteiger charge is 2.34. The molecule has 0 saturated heterocycles. The highest BCUT2D eigenvalue weighted by Crippen LogP contribution is 2.39. The van der Waals surface area contributed by atoms with E-state index in [0.29, 0.717) is 11.5 Å². The van der Waals surface area contributed by atoms with Crippen molar-refractivity contribution in [2.75, 3.05) is 7.05 Å². The number of halogens is 1. The quantitative estimate of drug-likeness (QED) is 0.788. The molecule has 1 saturated carbocycles. The second kappa shape index (κ2) is 6.38. The summed E-state index contributed by atoms with van der Waals surface area (Å²) >= 11 is 2.37. The Bertz CT molecular complexity index is 365. The smallest absolute Gasteiger partial charge is 0.0158 e. The van der Waals surface area contributed by atoms with Crippen LogP contribution in [0.1, 0.15) is 44.6 Å². The van der Waals surface area contributed by atoms with Crippen LogP contribution in [-0.4, -0.2) is 13.1 Å². The average molecular weight is 357 g/mol. The van der Waals surface area contributed by atoms with Crippen LogP contribution in [0.15, 0.2) is 24.3 Å². The Morgan fingerprint density at radius 2 is 1.78 bits per heavy atom. The fourth-order valence-electron chi connectivity index (χ4n) is 3.26. The van der Waals surface area contributed by atoms with Crippen molar-refractivity contribution in [1.29, 1.82) is 0 Å². The highest BCUT2D eigenvalue weighted by atomic mass is 127. The van der Waals surface area contributed by atoms with E-state index < -0.39 is 0 Å². The second-order valence-corrected chi connectivity index (χ2v) is 7.13. The molecule has 0 aliphatic heterocycles. The van der Waals surface area contributed by atoms with Crippen molar-refractivity contribution in [2.24, 2.45) is 5.41 Å². The molecule has 18 heavy (non-hydrogen) atoms. The summed E-state index contributed by atoms with van der Waals surface area (Å²) in [4.78, 5) is 0. The summed E-state index contributed by atoms with van der Waals surface area (Å²) in [6.07, 6.45) is 8.15. The van der Waals surface area contributed by atoms with Crippen LogP contribution in [-0.2, 0) is 6.42 Å². The van der Waals surface area contributed by atoms with Gasteiger partial charge in [-0.1, -0.05) is 38.3 Å². The topological polar surface area (TPSA) is 12.0 Å². The maximum absolute atomic E-state index is 3.57. The summed E-state index contributed by atoms with van der Waals surface area (Å²) in [6.45, 7) is 2.47. The molecule has 1 fully saturated rings. The largest absolute Gasteiger partial charge is 0.316 e. The van der Waals surface area contributed by atoms with Gasteiger partial charge in [0.1, 0.15) is 0 Å². The first-order chi connectivity index (χ1) is 8.64. The third-order valence-electron chi connectivity index (χ3n) is 4.54. The molecule has 2 rings (SSSR count). The van der Waals surface area contributed by atoms with Gasteiger partial charge in [-0.05, 0) is 72.0 Å². The first-order valence-corrected chi connectivity index (χ1v) is 8.14. The Balaban J connectivity index is 2.06. The maximum Gasteiger partial charge on any atom is 0.0158 e. The molecule has 0 spiro atoms. The number of nitrogens with one attached hydrogen (secondary N) is 1. The maximum atomic E-state index is 3.57. The molecule has 2 heteroatoms. The molecule has 1 aliphatic carbocycles. The molecule has 0 bridgehead atoms. The van der Waals surface area contributed by atoms with Crippen molar-refractivity contribution in [3.05, 3.63) is 33.4 Å². The van der Waals surface area contributed by atoms with Gasteiger partial charge in [-0.15, -0.1) is 0 Å². The van der Waals surface area contributed by atoms with Gasteiger partial charge < -0.3 is 5.32 Å². The highest BCUT2D eigenvalue weighted by molar-refractivity contribution is 14.1. The lowest BCUT2D eigenvalue weighted by atomic mass is 9.69. The summed E-state index contributed by atoms with van der Waals surface area (Å²) in [5, 5.41) is 3.57. The molecule has 0 heterocycles. The minimum absolute atomic E-state index is 0.482. The van der Waals surface area contributed by atoms with Gasteiger partial charge in [0, 0.05) is 9.61 Å². The van der Waals surface area contributed by atoms with Crippen LogP contribution in [0, 0.1) is 8.99 Å². The molecule has 1 aromatic rings. The van der Waals surface area contributed by atoms with E-state index in [1.807, 2.05) is 0 Å². The number of rotatable bonds is 4. The Labute approximate surface area is 125 Å². The number of hydrogen-bond acceptors (Lipinski definition) is 1. The van der Waals surface area contributed by atoms with E-state index in [4.69, 9.17) is 0 Å². The van der Waals surface area contributed by atoms with E-state index in [1.165, 1.54) is 41.2 Å². The summed E-state index contributed by atoms with van der Waals surface area (Å²) in [6, 6.07) is 9.59. The molecule has 1 atom stereocenters. The Hall–Kier alpha value is -0.0900. The molecular formula is C16H24IN. The van der Waals surface area contributed by atoms with Gasteiger partial charge >= 0.3 is 0 Å². The minimum Gasteiger partial charge on any atom is -0.316 e. The van der Waals surface area contributed by atoms with Crippen molar-refractivity contribution in [3.8, 4) is 0 Å². The van der Waals surface area contributed by atoms with Crippen LogP contribution < -0.4 is 5.32 Å². The van der Waals surface area contributed by atoms with E-state index in [1.54, 1.807) is 0 Å². The van der Waals surface area contributed by atoms with E-state index in [9.17, 15) is 0 Å². The summed E-state index contributed by atoms with van der Waals surface area (Å²) in [5.41, 5.74) is 1.94. The van der Waals surface area contributed by atoms with Crippen molar-refractivity contribution < 1.29 is 0 Å². The van der Waals surface area contributed by atoms with Gasteiger partial charge in [0.2, 0.25) is 0 Å². The first kappa shape index (κ1) is 14.3. The van der Waals surface area contributed by atoms with Crippen LogP contribution in [0.25, 0.3) is 0 Å². The third kappa shape index (κ3) is 3.47. The van der Waals surface area contributed by atoms with E-state index >= 15 is 0 Å². The SMILES string of the molecule is CNC(Cc1ccc(I)cc1)C1(C)CCCCC1. The van der Waals surface area contributed by atoms with Crippen molar-refractivity contribution >= 4 is 22.6 Å². The van der Waals surface area contributed by atoms with Crippen LogP contribution >= 0.6 is 22.6 Å². The van der Waals surface area contributed by atoms with Crippen LogP contribution in [0.5, 0.6) is 0 Å². The average Bonchev–Trinajstić information content (AvgIpc) is 2.38. The lowest BCUT2D eigenvalue weighted by Gasteiger charge is -2.41. The van der Waals surface area contributed by atoms with Gasteiger partial charge in [0.15, 0.2) is 0 Å². The molecule has 1 unspecified atom stereocenters. The van der Waals surface area contributed by atoms with Gasteiger partial charge in [-0.2, -0.15) is 0 Å². The van der Waals surface area contributed by atoms with Crippen LogP contribution in [0.2, 0.25) is 0 Å². The standard InChI is InChI=1S/C16H24IN/c1-16(10-4-3-5-11-16)15(18-2)12-13-6-8-14(17)9-7-13/h6-9,15,18H,3-5,10-12H2,1-2H3. The predicted molar refractivity (Wildman–Crippen MR) is 86.9 cm³/mol. The molecule has 100 valence electrons. The zero-order valence-electron chi connectivity index (χ0n) is 11.5. The molecule has 0 aromatic heterocycles. The molecule has 0 radical (unpaired) electrons. The Morgan fingerprint density at radius 3 is 2.33 bits per heavy atom. The van der Waals surface area contributed by atoms with E-state index in [0.717, 1.165) is 6.42 Å². The fourth-order valence-corrected chi connectivity index (χ4v) is 3.62. The Kier molecular flexibility index (Phi) is 5.07. The monoisotopic (exact) mass is 357 g/mol. The van der Waals surface area contributed by atoms with Crippen molar-refractivity contribution in [3.63, 3.8) is 0 Å². The second-order valence-electron chi connectivity index (χ2n) is 5.89.